The smallest absolute Gasteiger partial charge is 0.0602 e. The number of hydrogen-bond donors (Lipinski definition) is 1. The highest BCUT2D eigenvalue weighted by Gasteiger charge is 2.17. The second kappa shape index (κ2) is 7.05. The van der Waals surface area contributed by atoms with Gasteiger partial charge in [0.05, 0.1) is 6.10 Å². The Morgan fingerprint density at radius 3 is 2.86 bits per heavy atom. The lowest BCUT2D eigenvalue weighted by molar-refractivity contribution is 0.110. The van der Waals surface area contributed by atoms with E-state index >= 15 is 0 Å². The Kier molecular flexibility index (Phi) is 5.93. The van der Waals surface area contributed by atoms with Gasteiger partial charge in [-0.3, -0.25) is 0 Å². The summed E-state index contributed by atoms with van der Waals surface area (Å²) in [5.41, 5.74) is 0. The van der Waals surface area contributed by atoms with Crippen molar-refractivity contribution in [3.63, 3.8) is 0 Å². The van der Waals surface area contributed by atoms with Crippen molar-refractivity contribution in [3.8, 4) is 0 Å². The van der Waals surface area contributed by atoms with Gasteiger partial charge in [0, 0.05) is 5.92 Å². The van der Waals surface area contributed by atoms with Crippen molar-refractivity contribution < 1.29 is 5.11 Å². The number of aliphatic hydroxyl groups is 1. The summed E-state index contributed by atoms with van der Waals surface area (Å²) in [6.07, 6.45) is 14.1. The van der Waals surface area contributed by atoms with Crippen LogP contribution in [0.15, 0.2) is 12.2 Å². The second-order valence-corrected chi connectivity index (χ2v) is 4.44. The first kappa shape index (κ1) is 11.8. The van der Waals surface area contributed by atoms with Gasteiger partial charge in [-0.25, -0.2) is 0 Å². The molecule has 0 amide bonds. The molecule has 1 rings (SSSR count). The predicted molar refractivity (Wildman–Crippen MR) is 61.2 cm³/mol. The van der Waals surface area contributed by atoms with Gasteiger partial charge in [-0.1, -0.05) is 44.8 Å². The Morgan fingerprint density at radius 2 is 2.21 bits per heavy atom. The summed E-state index contributed by atoms with van der Waals surface area (Å²) in [4.78, 5) is 0. The minimum absolute atomic E-state index is 0.0802. The molecule has 1 nitrogen and oxygen atoms in total. The molecule has 0 aromatic rings. The van der Waals surface area contributed by atoms with E-state index < -0.39 is 0 Å². The molecule has 1 aliphatic carbocycles. The summed E-state index contributed by atoms with van der Waals surface area (Å²) in [5, 5.41) is 9.92. The summed E-state index contributed by atoms with van der Waals surface area (Å²) < 4.78 is 0. The predicted octanol–water partition coefficient (Wildman–Crippen LogP) is 3.67. The molecule has 0 saturated carbocycles. The van der Waals surface area contributed by atoms with Crippen LogP contribution in [0.2, 0.25) is 0 Å². The summed E-state index contributed by atoms with van der Waals surface area (Å²) in [6.45, 7) is 2.22. The van der Waals surface area contributed by atoms with E-state index in [1.54, 1.807) is 0 Å². The van der Waals surface area contributed by atoms with Crippen LogP contribution in [0.1, 0.15) is 58.3 Å². The lowest BCUT2D eigenvalue weighted by Crippen LogP contribution is -2.19. The summed E-state index contributed by atoms with van der Waals surface area (Å²) in [7, 11) is 0. The summed E-state index contributed by atoms with van der Waals surface area (Å²) >= 11 is 0. The van der Waals surface area contributed by atoms with E-state index in [4.69, 9.17) is 0 Å². The van der Waals surface area contributed by atoms with E-state index in [0.717, 1.165) is 6.42 Å². The third-order valence-electron chi connectivity index (χ3n) is 3.14. The SMILES string of the molecule is CCCCCC[C@H](O)[C@H]1C=CCCC1. The first-order chi connectivity index (χ1) is 6.84. The van der Waals surface area contributed by atoms with Crippen LogP contribution in [0.3, 0.4) is 0 Å². The Morgan fingerprint density at radius 1 is 1.36 bits per heavy atom. The number of rotatable bonds is 6. The van der Waals surface area contributed by atoms with Gasteiger partial charge in [0.15, 0.2) is 0 Å². The maximum Gasteiger partial charge on any atom is 0.0602 e. The minimum atomic E-state index is -0.0802. The number of aliphatic hydroxyl groups excluding tert-OH is 1. The zero-order valence-electron chi connectivity index (χ0n) is 9.41. The van der Waals surface area contributed by atoms with Crippen molar-refractivity contribution >= 4 is 0 Å². The van der Waals surface area contributed by atoms with Gasteiger partial charge in [0.1, 0.15) is 0 Å². The quantitative estimate of drug-likeness (QED) is 0.507. The number of allylic oxidation sites excluding steroid dienone is 1. The van der Waals surface area contributed by atoms with Gasteiger partial charge in [-0.2, -0.15) is 0 Å². The van der Waals surface area contributed by atoms with Crippen LogP contribution in [-0.4, -0.2) is 11.2 Å². The molecule has 0 bridgehead atoms. The fourth-order valence-corrected chi connectivity index (χ4v) is 2.15. The molecule has 14 heavy (non-hydrogen) atoms. The first-order valence-corrected chi connectivity index (χ1v) is 6.19. The minimum Gasteiger partial charge on any atom is -0.393 e. The van der Waals surface area contributed by atoms with Crippen molar-refractivity contribution in [1.82, 2.24) is 0 Å². The number of unbranched alkanes of at least 4 members (excludes halogenated alkanes) is 3. The standard InChI is InChI=1S/C13H24O/c1-2-3-4-8-11-13(14)12-9-6-5-7-10-12/h6,9,12-14H,2-5,7-8,10-11H2,1H3/t12-,13-/m0/s1. The van der Waals surface area contributed by atoms with Crippen molar-refractivity contribution in [2.75, 3.05) is 0 Å². The van der Waals surface area contributed by atoms with Gasteiger partial charge in [0.25, 0.3) is 0 Å². The van der Waals surface area contributed by atoms with Gasteiger partial charge < -0.3 is 5.11 Å². The van der Waals surface area contributed by atoms with Crippen molar-refractivity contribution in [2.24, 2.45) is 5.92 Å². The van der Waals surface area contributed by atoms with E-state index in [1.807, 2.05) is 0 Å². The van der Waals surface area contributed by atoms with Gasteiger partial charge >= 0.3 is 0 Å². The van der Waals surface area contributed by atoms with E-state index in [0.29, 0.717) is 5.92 Å². The average molecular weight is 196 g/mol. The largest absolute Gasteiger partial charge is 0.393 e. The molecule has 0 saturated heterocycles. The Balaban J connectivity index is 2.10. The molecule has 0 radical (unpaired) electrons. The highest BCUT2D eigenvalue weighted by Crippen LogP contribution is 2.23. The van der Waals surface area contributed by atoms with E-state index in [1.165, 1.54) is 44.9 Å². The zero-order chi connectivity index (χ0) is 10.2. The molecular weight excluding hydrogens is 172 g/mol. The third kappa shape index (κ3) is 4.28. The average Bonchev–Trinajstić information content (AvgIpc) is 2.25. The second-order valence-electron chi connectivity index (χ2n) is 4.44. The molecule has 0 aliphatic heterocycles. The Hall–Kier alpha value is -0.300. The van der Waals surface area contributed by atoms with Crippen molar-refractivity contribution in [3.05, 3.63) is 12.2 Å². The molecule has 0 aromatic carbocycles. The fraction of sp³-hybridized carbons (Fsp3) is 0.846. The van der Waals surface area contributed by atoms with Crippen LogP contribution in [0.4, 0.5) is 0 Å². The lowest BCUT2D eigenvalue weighted by atomic mass is 9.88. The van der Waals surface area contributed by atoms with Crippen LogP contribution in [-0.2, 0) is 0 Å². The number of hydrogen-bond acceptors (Lipinski definition) is 1. The highest BCUT2D eigenvalue weighted by atomic mass is 16.3. The molecule has 1 heteroatoms. The molecule has 1 aliphatic rings. The van der Waals surface area contributed by atoms with Crippen LogP contribution < -0.4 is 0 Å². The van der Waals surface area contributed by atoms with Crippen LogP contribution in [0, 0.1) is 5.92 Å². The van der Waals surface area contributed by atoms with Gasteiger partial charge in [0.2, 0.25) is 0 Å². The van der Waals surface area contributed by atoms with Crippen LogP contribution >= 0.6 is 0 Å². The van der Waals surface area contributed by atoms with Crippen LogP contribution in [0.25, 0.3) is 0 Å². The molecule has 0 unspecified atom stereocenters. The maximum atomic E-state index is 9.92. The monoisotopic (exact) mass is 196 g/mol. The zero-order valence-corrected chi connectivity index (χ0v) is 9.41. The van der Waals surface area contributed by atoms with Gasteiger partial charge in [-0.15, -0.1) is 0 Å². The van der Waals surface area contributed by atoms with E-state index in [-0.39, 0.29) is 6.10 Å². The van der Waals surface area contributed by atoms with Gasteiger partial charge in [-0.05, 0) is 25.7 Å². The molecular formula is C13H24O. The van der Waals surface area contributed by atoms with Crippen molar-refractivity contribution in [2.45, 2.75) is 64.4 Å². The topological polar surface area (TPSA) is 20.2 Å². The fourth-order valence-electron chi connectivity index (χ4n) is 2.15. The van der Waals surface area contributed by atoms with Crippen LogP contribution in [0.5, 0.6) is 0 Å². The first-order valence-electron chi connectivity index (χ1n) is 6.19. The third-order valence-corrected chi connectivity index (χ3v) is 3.14. The molecule has 2 atom stereocenters. The molecule has 0 heterocycles. The molecule has 0 aromatic heterocycles. The molecule has 0 spiro atoms. The van der Waals surface area contributed by atoms with E-state index in [9.17, 15) is 5.11 Å². The summed E-state index contributed by atoms with van der Waals surface area (Å²) in [6, 6.07) is 0. The summed E-state index contributed by atoms with van der Waals surface area (Å²) in [5.74, 6) is 0.449. The molecule has 1 N–H and O–H groups in total. The Labute approximate surface area is 88.2 Å². The molecule has 0 fully saturated rings. The molecule has 82 valence electrons. The normalized spacial score (nSPS) is 23.7. The lowest BCUT2D eigenvalue weighted by Gasteiger charge is -2.22. The van der Waals surface area contributed by atoms with E-state index in [2.05, 4.69) is 19.1 Å². The van der Waals surface area contributed by atoms with Crippen molar-refractivity contribution in [1.29, 1.82) is 0 Å². The highest BCUT2D eigenvalue weighted by molar-refractivity contribution is 4.95. The Bertz CT molecular complexity index is 163. The maximum absolute atomic E-state index is 9.92.